The van der Waals surface area contributed by atoms with Gasteiger partial charge in [0.2, 0.25) is 0 Å². The fourth-order valence-corrected chi connectivity index (χ4v) is 3.22. The zero-order valence-electron chi connectivity index (χ0n) is 11.0. The molecule has 0 bridgehead atoms. The summed E-state index contributed by atoms with van der Waals surface area (Å²) in [7, 11) is 0. The van der Waals surface area contributed by atoms with Crippen molar-refractivity contribution in [2.24, 2.45) is 0 Å². The first kappa shape index (κ1) is 13.5. The second kappa shape index (κ2) is 5.52. The Morgan fingerprint density at radius 3 is 3.10 bits per heavy atom. The van der Waals surface area contributed by atoms with Crippen LogP contribution in [0, 0.1) is 6.92 Å². The molecule has 2 heterocycles. The van der Waals surface area contributed by atoms with E-state index in [-0.39, 0.29) is 5.91 Å². The predicted octanol–water partition coefficient (Wildman–Crippen LogP) is 3.00. The number of hydrogen-bond donors (Lipinski definition) is 2. The minimum atomic E-state index is -0.149. The van der Waals surface area contributed by atoms with E-state index < -0.39 is 0 Å². The van der Waals surface area contributed by atoms with Crippen LogP contribution in [0.15, 0.2) is 18.2 Å². The Bertz CT molecular complexity index is 645. The zero-order chi connectivity index (χ0) is 14.1. The van der Waals surface area contributed by atoms with Gasteiger partial charge in [0.25, 0.3) is 5.91 Å². The van der Waals surface area contributed by atoms with Gasteiger partial charge in [-0.15, -0.1) is 11.3 Å². The van der Waals surface area contributed by atoms with Gasteiger partial charge in [0.1, 0.15) is 0 Å². The number of anilines is 1. The average Bonchev–Trinajstić information content (AvgIpc) is 2.83. The monoisotopic (exact) mass is 307 g/mol. The number of carbonyl (C=O) groups is 1. The van der Waals surface area contributed by atoms with E-state index in [4.69, 9.17) is 11.6 Å². The van der Waals surface area contributed by atoms with Gasteiger partial charge in [-0.1, -0.05) is 11.6 Å². The molecule has 1 aromatic heterocycles. The Morgan fingerprint density at radius 1 is 1.50 bits per heavy atom. The smallest absolute Gasteiger partial charge is 0.257 e. The maximum atomic E-state index is 12.2. The highest BCUT2D eigenvalue weighted by molar-refractivity contribution is 7.15. The van der Waals surface area contributed by atoms with Gasteiger partial charge in [-0.3, -0.25) is 10.1 Å². The summed E-state index contributed by atoms with van der Waals surface area (Å²) >= 11 is 7.50. The number of nitrogens with zero attached hydrogens (tertiary/aromatic N) is 1. The van der Waals surface area contributed by atoms with Gasteiger partial charge >= 0.3 is 0 Å². The van der Waals surface area contributed by atoms with E-state index in [1.165, 1.54) is 16.2 Å². The van der Waals surface area contributed by atoms with Gasteiger partial charge in [0.15, 0.2) is 5.13 Å². The Hall–Kier alpha value is -1.43. The van der Waals surface area contributed by atoms with Gasteiger partial charge in [0, 0.05) is 35.0 Å². The van der Waals surface area contributed by atoms with Crippen molar-refractivity contribution < 1.29 is 4.79 Å². The lowest BCUT2D eigenvalue weighted by molar-refractivity contribution is 0.102. The van der Waals surface area contributed by atoms with Crippen LogP contribution < -0.4 is 10.6 Å². The molecule has 0 fully saturated rings. The molecule has 0 aliphatic carbocycles. The Balaban J connectivity index is 1.78. The van der Waals surface area contributed by atoms with Crippen LogP contribution in [0.25, 0.3) is 0 Å². The van der Waals surface area contributed by atoms with Gasteiger partial charge in [-0.25, -0.2) is 4.98 Å². The number of aryl methyl sites for hydroxylation is 1. The largest absolute Gasteiger partial charge is 0.311 e. The molecule has 20 heavy (non-hydrogen) atoms. The Morgan fingerprint density at radius 2 is 2.35 bits per heavy atom. The van der Waals surface area contributed by atoms with Crippen molar-refractivity contribution in [3.63, 3.8) is 0 Å². The van der Waals surface area contributed by atoms with Gasteiger partial charge in [-0.05, 0) is 30.7 Å². The molecule has 2 N–H and O–H groups in total. The normalized spacial score (nSPS) is 13.9. The summed E-state index contributed by atoms with van der Waals surface area (Å²) < 4.78 is 0. The topological polar surface area (TPSA) is 54.0 Å². The highest BCUT2D eigenvalue weighted by atomic mass is 35.5. The molecular weight excluding hydrogens is 294 g/mol. The van der Waals surface area contributed by atoms with Crippen LogP contribution in [0.5, 0.6) is 0 Å². The molecule has 1 aromatic carbocycles. The van der Waals surface area contributed by atoms with Crippen LogP contribution in [0.3, 0.4) is 0 Å². The first-order valence-corrected chi connectivity index (χ1v) is 7.60. The fraction of sp³-hybridized carbons (Fsp3) is 0.286. The average molecular weight is 308 g/mol. The maximum Gasteiger partial charge on any atom is 0.257 e. The number of fused-ring (bicyclic) bond motifs is 1. The quantitative estimate of drug-likeness (QED) is 0.897. The number of amides is 1. The molecule has 2 aromatic rings. The standard InChI is InChI=1S/C14H14ClN3OS/c1-8-6-9(2-3-10(8)15)13(19)18-14-17-11-4-5-16-7-12(11)20-14/h2-3,6,16H,4-5,7H2,1H3,(H,17,18,19). The van der Waals surface area contributed by atoms with E-state index in [9.17, 15) is 4.79 Å². The van der Waals surface area contributed by atoms with Crippen molar-refractivity contribution in [2.45, 2.75) is 19.9 Å². The van der Waals surface area contributed by atoms with Crippen LogP contribution in [0.2, 0.25) is 5.02 Å². The van der Waals surface area contributed by atoms with E-state index in [1.54, 1.807) is 18.2 Å². The van der Waals surface area contributed by atoms with Crippen LogP contribution in [-0.2, 0) is 13.0 Å². The summed E-state index contributed by atoms with van der Waals surface area (Å²) in [5.41, 5.74) is 2.58. The zero-order valence-corrected chi connectivity index (χ0v) is 12.6. The minimum absolute atomic E-state index is 0.149. The van der Waals surface area contributed by atoms with Gasteiger partial charge in [0.05, 0.1) is 5.69 Å². The molecule has 0 saturated carbocycles. The molecule has 0 unspecified atom stereocenters. The number of aromatic nitrogens is 1. The van der Waals surface area contributed by atoms with Crippen LogP contribution in [-0.4, -0.2) is 17.4 Å². The van der Waals surface area contributed by atoms with E-state index in [1.807, 2.05) is 6.92 Å². The van der Waals surface area contributed by atoms with Crippen molar-refractivity contribution >= 4 is 34.0 Å². The van der Waals surface area contributed by atoms with Crippen LogP contribution in [0.1, 0.15) is 26.5 Å². The molecule has 0 spiro atoms. The summed E-state index contributed by atoms with van der Waals surface area (Å²) in [6.07, 6.45) is 0.918. The first-order valence-electron chi connectivity index (χ1n) is 6.40. The molecule has 104 valence electrons. The van der Waals surface area contributed by atoms with E-state index in [0.29, 0.717) is 15.7 Å². The molecule has 0 saturated heterocycles. The van der Waals surface area contributed by atoms with E-state index >= 15 is 0 Å². The maximum absolute atomic E-state index is 12.2. The third-order valence-corrected chi connectivity index (χ3v) is 4.68. The molecule has 6 heteroatoms. The number of nitrogens with one attached hydrogen (secondary N) is 2. The molecule has 0 atom stereocenters. The number of benzene rings is 1. The summed E-state index contributed by atoms with van der Waals surface area (Å²) in [4.78, 5) is 17.9. The molecule has 1 aliphatic rings. The molecule has 1 amide bonds. The van der Waals surface area contributed by atoms with Crippen molar-refractivity contribution in [3.05, 3.63) is 44.9 Å². The molecule has 4 nitrogen and oxygen atoms in total. The predicted molar refractivity (Wildman–Crippen MR) is 81.7 cm³/mol. The number of carbonyl (C=O) groups excluding carboxylic acids is 1. The third kappa shape index (κ3) is 2.70. The summed E-state index contributed by atoms with van der Waals surface area (Å²) in [6, 6.07) is 5.25. The minimum Gasteiger partial charge on any atom is -0.311 e. The van der Waals surface area contributed by atoms with Gasteiger partial charge < -0.3 is 5.32 Å². The number of rotatable bonds is 2. The second-order valence-corrected chi connectivity index (χ2v) is 6.22. The Labute approximate surface area is 126 Å². The van der Waals surface area contributed by atoms with Crippen molar-refractivity contribution in [1.29, 1.82) is 0 Å². The molecule has 0 radical (unpaired) electrons. The highest BCUT2D eigenvalue weighted by Crippen LogP contribution is 2.26. The summed E-state index contributed by atoms with van der Waals surface area (Å²) in [5.74, 6) is -0.149. The lowest BCUT2D eigenvalue weighted by Crippen LogP contribution is -2.22. The highest BCUT2D eigenvalue weighted by Gasteiger charge is 2.16. The Kier molecular flexibility index (Phi) is 3.74. The van der Waals surface area contributed by atoms with Crippen LogP contribution in [0.4, 0.5) is 5.13 Å². The summed E-state index contributed by atoms with van der Waals surface area (Å²) in [6.45, 7) is 3.66. The van der Waals surface area contributed by atoms with E-state index in [2.05, 4.69) is 15.6 Å². The second-order valence-electron chi connectivity index (χ2n) is 4.73. The first-order chi connectivity index (χ1) is 9.63. The third-order valence-electron chi connectivity index (χ3n) is 3.24. The van der Waals surface area contributed by atoms with Crippen molar-refractivity contribution in [3.8, 4) is 0 Å². The fourth-order valence-electron chi connectivity index (χ4n) is 2.13. The lowest BCUT2D eigenvalue weighted by atomic mass is 10.1. The molecular formula is C14H14ClN3OS. The molecule has 1 aliphatic heterocycles. The lowest BCUT2D eigenvalue weighted by Gasteiger charge is -2.09. The van der Waals surface area contributed by atoms with Crippen molar-refractivity contribution in [2.75, 3.05) is 11.9 Å². The number of thiazole rings is 1. The van der Waals surface area contributed by atoms with Gasteiger partial charge in [-0.2, -0.15) is 0 Å². The van der Waals surface area contributed by atoms with Crippen molar-refractivity contribution in [1.82, 2.24) is 10.3 Å². The molecule has 3 rings (SSSR count). The van der Waals surface area contributed by atoms with E-state index in [0.717, 1.165) is 30.8 Å². The SMILES string of the molecule is Cc1cc(C(=O)Nc2nc3c(s2)CNCC3)ccc1Cl. The number of hydrogen-bond acceptors (Lipinski definition) is 4. The summed E-state index contributed by atoms with van der Waals surface area (Å²) in [5, 5.41) is 7.48. The number of halogens is 1. The van der Waals surface area contributed by atoms with Crippen LogP contribution >= 0.6 is 22.9 Å².